The molecule has 1 aromatic rings. The highest BCUT2D eigenvalue weighted by Crippen LogP contribution is 2.23. The maximum Gasteiger partial charge on any atom is 0.129 e. The van der Waals surface area contributed by atoms with Crippen LogP contribution in [0, 0.1) is 0 Å². The van der Waals surface area contributed by atoms with Crippen LogP contribution in [0.5, 0.6) is 5.75 Å². The van der Waals surface area contributed by atoms with Gasteiger partial charge in [-0.15, -0.1) is 0 Å². The smallest absolute Gasteiger partial charge is 0.129 e. The SMILES string of the molecule is CCCOc1ccc(C(C)CCC(C)=O)cc1. The minimum atomic E-state index is 0.264. The average Bonchev–Trinajstić information content (AvgIpc) is 2.34. The first-order chi connectivity index (χ1) is 8.13. The van der Waals surface area contributed by atoms with E-state index in [9.17, 15) is 4.79 Å². The molecule has 0 spiro atoms. The predicted octanol–water partition coefficient (Wildman–Crippen LogP) is 3.95. The zero-order valence-electron chi connectivity index (χ0n) is 11.0. The van der Waals surface area contributed by atoms with Crippen LogP contribution < -0.4 is 4.74 Å². The fourth-order valence-electron chi connectivity index (χ4n) is 1.70. The van der Waals surface area contributed by atoms with Gasteiger partial charge in [0.1, 0.15) is 11.5 Å². The largest absolute Gasteiger partial charge is 0.494 e. The van der Waals surface area contributed by atoms with Crippen molar-refractivity contribution >= 4 is 5.78 Å². The summed E-state index contributed by atoms with van der Waals surface area (Å²) in [6.45, 7) is 6.66. The lowest BCUT2D eigenvalue weighted by atomic mass is 9.95. The summed E-state index contributed by atoms with van der Waals surface area (Å²) in [5, 5.41) is 0. The van der Waals surface area contributed by atoms with E-state index in [-0.39, 0.29) is 5.78 Å². The first-order valence-electron chi connectivity index (χ1n) is 6.35. The molecule has 0 saturated carbocycles. The van der Waals surface area contributed by atoms with Gasteiger partial charge in [0, 0.05) is 6.42 Å². The van der Waals surface area contributed by atoms with E-state index in [2.05, 4.69) is 26.0 Å². The molecule has 0 aliphatic carbocycles. The monoisotopic (exact) mass is 234 g/mol. The van der Waals surface area contributed by atoms with E-state index in [1.165, 1.54) is 5.56 Å². The number of carbonyl (C=O) groups is 1. The molecular weight excluding hydrogens is 212 g/mol. The van der Waals surface area contributed by atoms with Crippen molar-refractivity contribution in [3.8, 4) is 5.75 Å². The highest BCUT2D eigenvalue weighted by atomic mass is 16.5. The number of hydrogen-bond donors (Lipinski definition) is 0. The Balaban J connectivity index is 2.51. The average molecular weight is 234 g/mol. The Morgan fingerprint density at radius 3 is 2.47 bits per heavy atom. The van der Waals surface area contributed by atoms with Crippen molar-refractivity contribution in [2.75, 3.05) is 6.61 Å². The number of rotatable bonds is 7. The van der Waals surface area contributed by atoms with Crippen LogP contribution in [0.3, 0.4) is 0 Å². The Hall–Kier alpha value is -1.31. The van der Waals surface area contributed by atoms with Gasteiger partial charge in [-0.2, -0.15) is 0 Å². The highest BCUT2D eigenvalue weighted by molar-refractivity contribution is 5.75. The number of Topliss-reactive ketones (excluding diaryl/α,β-unsaturated/α-hetero) is 1. The quantitative estimate of drug-likeness (QED) is 0.714. The highest BCUT2D eigenvalue weighted by Gasteiger charge is 2.06. The van der Waals surface area contributed by atoms with E-state index in [1.54, 1.807) is 6.92 Å². The van der Waals surface area contributed by atoms with E-state index in [1.807, 2.05) is 12.1 Å². The molecule has 94 valence electrons. The summed E-state index contributed by atoms with van der Waals surface area (Å²) < 4.78 is 5.53. The molecule has 2 heteroatoms. The van der Waals surface area contributed by atoms with Crippen LogP contribution in [0.1, 0.15) is 51.5 Å². The molecule has 1 aromatic carbocycles. The number of ketones is 1. The molecule has 0 aliphatic rings. The van der Waals surface area contributed by atoms with Crippen LogP contribution in [0.4, 0.5) is 0 Å². The van der Waals surface area contributed by atoms with Gasteiger partial charge >= 0.3 is 0 Å². The standard InChI is InChI=1S/C15H22O2/c1-4-11-17-15-9-7-14(8-10-15)12(2)5-6-13(3)16/h7-10,12H,4-6,11H2,1-3H3. The lowest BCUT2D eigenvalue weighted by Crippen LogP contribution is -1.99. The Morgan fingerprint density at radius 1 is 1.29 bits per heavy atom. The third-order valence-corrected chi connectivity index (χ3v) is 2.85. The van der Waals surface area contributed by atoms with Crippen molar-refractivity contribution in [1.29, 1.82) is 0 Å². The van der Waals surface area contributed by atoms with Crippen LogP contribution >= 0.6 is 0 Å². The van der Waals surface area contributed by atoms with Crippen molar-refractivity contribution < 1.29 is 9.53 Å². The molecule has 0 N–H and O–H groups in total. The van der Waals surface area contributed by atoms with Crippen molar-refractivity contribution in [3.63, 3.8) is 0 Å². The van der Waals surface area contributed by atoms with Crippen molar-refractivity contribution in [3.05, 3.63) is 29.8 Å². The number of hydrogen-bond acceptors (Lipinski definition) is 2. The zero-order valence-corrected chi connectivity index (χ0v) is 11.0. The molecule has 1 unspecified atom stereocenters. The fourth-order valence-corrected chi connectivity index (χ4v) is 1.70. The van der Waals surface area contributed by atoms with Gasteiger partial charge in [0.15, 0.2) is 0 Å². The third kappa shape index (κ3) is 5.03. The number of carbonyl (C=O) groups excluding carboxylic acids is 1. The van der Waals surface area contributed by atoms with Gasteiger partial charge in [-0.3, -0.25) is 0 Å². The summed E-state index contributed by atoms with van der Waals surface area (Å²) in [6, 6.07) is 8.20. The number of benzene rings is 1. The summed E-state index contributed by atoms with van der Waals surface area (Å²) in [6.07, 6.45) is 2.61. The van der Waals surface area contributed by atoms with Gasteiger partial charge in [0.2, 0.25) is 0 Å². The maximum absolute atomic E-state index is 10.9. The number of ether oxygens (including phenoxy) is 1. The zero-order chi connectivity index (χ0) is 12.7. The molecule has 1 rings (SSSR count). The van der Waals surface area contributed by atoms with E-state index in [0.29, 0.717) is 12.3 Å². The second kappa shape index (κ2) is 7.10. The molecule has 2 nitrogen and oxygen atoms in total. The second-order valence-corrected chi connectivity index (χ2v) is 4.56. The molecule has 0 fully saturated rings. The van der Waals surface area contributed by atoms with Gasteiger partial charge in [-0.25, -0.2) is 0 Å². The first kappa shape index (κ1) is 13.8. The molecule has 1 atom stereocenters. The third-order valence-electron chi connectivity index (χ3n) is 2.85. The van der Waals surface area contributed by atoms with E-state index < -0.39 is 0 Å². The molecule has 0 radical (unpaired) electrons. The minimum absolute atomic E-state index is 0.264. The van der Waals surface area contributed by atoms with Crippen LogP contribution in [0.15, 0.2) is 24.3 Å². The molecule has 0 saturated heterocycles. The normalized spacial score (nSPS) is 12.2. The first-order valence-corrected chi connectivity index (χ1v) is 6.35. The molecular formula is C15H22O2. The molecule has 0 heterocycles. The van der Waals surface area contributed by atoms with Crippen molar-refractivity contribution in [2.45, 2.75) is 46.0 Å². The van der Waals surface area contributed by atoms with E-state index in [0.717, 1.165) is 25.2 Å². The van der Waals surface area contributed by atoms with E-state index >= 15 is 0 Å². The lowest BCUT2D eigenvalue weighted by molar-refractivity contribution is -0.117. The molecule has 0 aromatic heterocycles. The van der Waals surface area contributed by atoms with Crippen LogP contribution in [-0.4, -0.2) is 12.4 Å². The Morgan fingerprint density at radius 2 is 1.94 bits per heavy atom. The van der Waals surface area contributed by atoms with Crippen LogP contribution in [0.2, 0.25) is 0 Å². The Labute approximate surface area is 104 Å². The Kier molecular flexibility index (Phi) is 5.75. The summed E-state index contributed by atoms with van der Waals surface area (Å²) in [7, 11) is 0. The topological polar surface area (TPSA) is 26.3 Å². The summed E-state index contributed by atoms with van der Waals surface area (Å²) >= 11 is 0. The second-order valence-electron chi connectivity index (χ2n) is 4.56. The maximum atomic E-state index is 10.9. The molecule has 0 aliphatic heterocycles. The summed E-state index contributed by atoms with van der Waals surface area (Å²) in [5.74, 6) is 1.62. The van der Waals surface area contributed by atoms with E-state index in [4.69, 9.17) is 4.74 Å². The van der Waals surface area contributed by atoms with Gasteiger partial charge in [0.05, 0.1) is 6.61 Å². The van der Waals surface area contributed by atoms with Gasteiger partial charge in [-0.05, 0) is 43.4 Å². The fraction of sp³-hybridized carbons (Fsp3) is 0.533. The van der Waals surface area contributed by atoms with Crippen LogP contribution in [-0.2, 0) is 4.79 Å². The lowest BCUT2D eigenvalue weighted by Gasteiger charge is -2.12. The minimum Gasteiger partial charge on any atom is -0.494 e. The summed E-state index contributed by atoms with van der Waals surface area (Å²) in [4.78, 5) is 10.9. The molecule has 17 heavy (non-hydrogen) atoms. The van der Waals surface area contributed by atoms with Gasteiger partial charge in [0.25, 0.3) is 0 Å². The molecule has 0 bridgehead atoms. The van der Waals surface area contributed by atoms with Gasteiger partial charge < -0.3 is 9.53 Å². The van der Waals surface area contributed by atoms with Crippen LogP contribution in [0.25, 0.3) is 0 Å². The van der Waals surface area contributed by atoms with Gasteiger partial charge in [-0.1, -0.05) is 26.0 Å². The summed E-state index contributed by atoms with van der Waals surface area (Å²) in [5.41, 5.74) is 1.27. The predicted molar refractivity (Wildman–Crippen MR) is 70.6 cm³/mol. The Bertz CT molecular complexity index is 340. The van der Waals surface area contributed by atoms with Crippen molar-refractivity contribution in [2.24, 2.45) is 0 Å². The molecule has 0 amide bonds. The van der Waals surface area contributed by atoms with Crippen molar-refractivity contribution in [1.82, 2.24) is 0 Å².